The van der Waals surface area contributed by atoms with Gasteiger partial charge in [-0.05, 0) is 18.7 Å². The van der Waals surface area contributed by atoms with Crippen LogP contribution < -0.4 is 0 Å². The van der Waals surface area contributed by atoms with Crippen LogP contribution in [0.2, 0.25) is 0 Å². The van der Waals surface area contributed by atoms with Gasteiger partial charge in [0.15, 0.2) is 0 Å². The normalized spacial score (nSPS) is 9.23. The van der Waals surface area contributed by atoms with Crippen molar-refractivity contribution in [2.75, 3.05) is 18.2 Å². The standard InChI is InChI=1S/C6H14P.C5H11Cl/c1-3-5-7-6-4-2;1-2-3-4-5-6/h3-6H2,1-2H3;2-5H2,1H3. The highest BCUT2D eigenvalue weighted by Crippen LogP contribution is 2.10. The summed E-state index contributed by atoms with van der Waals surface area (Å²) in [6, 6.07) is 0. The summed E-state index contributed by atoms with van der Waals surface area (Å²) in [4.78, 5) is 0. The van der Waals surface area contributed by atoms with Gasteiger partial charge in [-0.25, -0.2) is 0 Å². The Balaban J connectivity index is 0. The fourth-order valence-electron chi connectivity index (χ4n) is 0.773. The van der Waals surface area contributed by atoms with Crippen LogP contribution in [0.1, 0.15) is 52.9 Å². The molecular weight excluding hydrogens is 199 g/mol. The Labute approximate surface area is 91.6 Å². The van der Waals surface area contributed by atoms with Gasteiger partial charge in [0.1, 0.15) is 0 Å². The summed E-state index contributed by atoms with van der Waals surface area (Å²) in [5, 5.41) is 0. The van der Waals surface area contributed by atoms with Crippen LogP contribution in [-0.4, -0.2) is 18.2 Å². The van der Waals surface area contributed by atoms with Gasteiger partial charge in [0.2, 0.25) is 0 Å². The molecule has 0 spiro atoms. The first-order chi connectivity index (χ1) is 6.33. The average molecular weight is 224 g/mol. The van der Waals surface area contributed by atoms with Crippen LogP contribution in [0.5, 0.6) is 0 Å². The van der Waals surface area contributed by atoms with Crippen molar-refractivity contribution in [2.24, 2.45) is 0 Å². The zero-order valence-corrected chi connectivity index (χ0v) is 11.1. The number of halogens is 1. The SMILES string of the molecule is CCCCCCl.CCC[P]CCC. The van der Waals surface area contributed by atoms with E-state index in [1.807, 2.05) is 0 Å². The Morgan fingerprint density at radius 2 is 1.38 bits per heavy atom. The van der Waals surface area contributed by atoms with E-state index in [4.69, 9.17) is 11.6 Å². The van der Waals surface area contributed by atoms with Gasteiger partial charge in [0, 0.05) is 5.88 Å². The van der Waals surface area contributed by atoms with E-state index in [1.54, 1.807) is 8.58 Å². The fourth-order valence-corrected chi connectivity index (χ4v) is 1.82. The molecule has 0 heterocycles. The second-order valence-corrected chi connectivity index (χ2v) is 4.79. The predicted octanol–water partition coefficient (Wildman–Crippen LogP) is 5.17. The van der Waals surface area contributed by atoms with Gasteiger partial charge >= 0.3 is 0 Å². The molecule has 0 aromatic carbocycles. The zero-order chi connectivity index (χ0) is 10.4. The molecule has 0 saturated carbocycles. The zero-order valence-electron chi connectivity index (χ0n) is 9.48. The number of unbranched alkanes of at least 4 members (excludes halogenated alkanes) is 2. The van der Waals surface area contributed by atoms with Crippen molar-refractivity contribution in [3.63, 3.8) is 0 Å². The number of hydrogen-bond donors (Lipinski definition) is 0. The largest absolute Gasteiger partial charge is 0.127 e. The van der Waals surface area contributed by atoms with E-state index in [-0.39, 0.29) is 0 Å². The maximum Gasteiger partial charge on any atom is 0.0223 e. The minimum Gasteiger partial charge on any atom is -0.127 e. The average Bonchev–Trinajstić information content (AvgIpc) is 2.17. The number of alkyl halides is 1. The van der Waals surface area contributed by atoms with Gasteiger partial charge in [0.05, 0.1) is 0 Å². The molecule has 2 heteroatoms. The van der Waals surface area contributed by atoms with Crippen LogP contribution in [0, 0.1) is 0 Å². The third-order valence-electron chi connectivity index (χ3n) is 1.50. The van der Waals surface area contributed by atoms with Crippen molar-refractivity contribution in [1.29, 1.82) is 0 Å². The van der Waals surface area contributed by atoms with E-state index < -0.39 is 0 Å². The van der Waals surface area contributed by atoms with Crippen molar-refractivity contribution in [3.05, 3.63) is 0 Å². The van der Waals surface area contributed by atoms with E-state index in [2.05, 4.69) is 20.8 Å². The lowest BCUT2D eigenvalue weighted by Gasteiger charge is -1.90. The van der Waals surface area contributed by atoms with Gasteiger partial charge in [-0.15, -0.1) is 11.6 Å². The molecule has 0 fully saturated rings. The summed E-state index contributed by atoms with van der Waals surface area (Å²) in [7, 11) is 1.64. The molecule has 0 aromatic rings. The Morgan fingerprint density at radius 3 is 1.62 bits per heavy atom. The smallest absolute Gasteiger partial charge is 0.0223 e. The van der Waals surface area contributed by atoms with E-state index in [1.165, 1.54) is 44.4 Å². The van der Waals surface area contributed by atoms with Gasteiger partial charge in [-0.1, -0.05) is 55.0 Å². The molecule has 0 rings (SSSR count). The number of rotatable bonds is 7. The van der Waals surface area contributed by atoms with Crippen molar-refractivity contribution >= 4 is 20.2 Å². The maximum atomic E-state index is 5.38. The Kier molecular flexibility index (Phi) is 23.0. The third kappa shape index (κ3) is 24.5. The predicted molar refractivity (Wildman–Crippen MR) is 67.5 cm³/mol. The molecule has 0 aliphatic carbocycles. The van der Waals surface area contributed by atoms with E-state index in [0.717, 1.165) is 5.88 Å². The lowest BCUT2D eigenvalue weighted by molar-refractivity contribution is 0.776. The molecule has 0 aliphatic heterocycles. The highest BCUT2D eigenvalue weighted by atomic mass is 35.5. The first-order valence-electron chi connectivity index (χ1n) is 5.52. The molecule has 81 valence electrons. The van der Waals surface area contributed by atoms with Gasteiger partial charge in [0.25, 0.3) is 0 Å². The monoisotopic (exact) mass is 223 g/mol. The molecule has 0 aliphatic rings. The van der Waals surface area contributed by atoms with E-state index >= 15 is 0 Å². The Hall–Kier alpha value is 0.720. The summed E-state index contributed by atoms with van der Waals surface area (Å²) in [6.07, 6.45) is 9.22. The molecule has 0 unspecified atom stereocenters. The number of hydrogen-bond acceptors (Lipinski definition) is 0. The summed E-state index contributed by atoms with van der Waals surface area (Å²) < 4.78 is 0. The van der Waals surface area contributed by atoms with Gasteiger partial charge in [-0.2, -0.15) is 0 Å². The molecule has 0 atom stereocenters. The summed E-state index contributed by atoms with van der Waals surface area (Å²) in [5.74, 6) is 0.827. The molecule has 13 heavy (non-hydrogen) atoms. The summed E-state index contributed by atoms with van der Waals surface area (Å²) >= 11 is 5.38. The van der Waals surface area contributed by atoms with E-state index in [9.17, 15) is 0 Å². The molecular formula is C11H25ClP. The minimum atomic E-state index is 0.827. The lowest BCUT2D eigenvalue weighted by atomic mass is 10.3. The fraction of sp³-hybridized carbons (Fsp3) is 1.00. The van der Waals surface area contributed by atoms with Crippen molar-refractivity contribution in [1.82, 2.24) is 0 Å². The second kappa shape index (κ2) is 18.5. The highest BCUT2D eigenvalue weighted by molar-refractivity contribution is 7.37. The maximum absolute atomic E-state index is 5.38. The van der Waals surface area contributed by atoms with Crippen LogP contribution in [0.3, 0.4) is 0 Å². The van der Waals surface area contributed by atoms with Crippen molar-refractivity contribution in [3.8, 4) is 0 Å². The molecule has 0 bridgehead atoms. The second-order valence-electron chi connectivity index (χ2n) is 3.07. The van der Waals surface area contributed by atoms with Gasteiger partial charge in [-0.3, -0.25) is 0 Å². The molecule has 0 aromatic heterocycles. The van der Waals surface area contributed by atoms with Crippen molar-refractivity contribution < 1.29 is 0 Å². The quantitative estimate of drug-likeness (QED) is 0.317. The van der Waals surface area contributed by atoms with Crippen LogP contribution >= 0.6 is 20.2 Å². The Bertz CT molecular complexity index is 59.1. The highest BCUT2D eigenvalue weighted by Gasteiger charge is 1.80. The van der Waals surface area contributed by atoms with Crippen LogP contribution in [0.15, 0.2) is 0 Å². The third-order valence-corrected chi connectivity index (χ3v) is 3.29. The van der Waals surface area contributed by atoms with E-state index in [0.29, 0.717) is 0 Å². The molecule has 0 saturated heterocycles. The topological polar surface area (TPSA) is 0 Å². The van der Waals surface area contributed by atoms with Crippen molar-refractivity contribution in [2.45, 2.75) is 52.9 Å². The van der Waals surface area contributed by atoms with Gasteiger partial charge < -0.3 is 0 Å². The Morgan fingerprint density at radius 1 is 0.846 bits per heavy atom. The molecule has 0 amide bonds. The summed E-state index contributed by atoms with van der Waals surface area (Å²) in [6.45, 7) is 6.65. The molecule has 0 nitrogen and oxygen atoms in total. The molecule has 1 radical (unpaired) electrons. The molecule has 0 N–H and O–H groups in total. The first-order valence-corrected chi connectivity index (χ1v) is 7.32. The summed E-state index contributed by atoms with van der Waals surface area (Å²) in [5.41, 5.74) is 0. The van der Waals surface area contributed by atoms with Crippen LogP contribution in [-0.2, 0) is 0 Å². The van der Waals surface area contributed by atoms with Crippen LogP contribution in [0.4, 0.5) is 0 Å². The van der Waals surface area contributed by atoms with Crippen LogP contribution in [0.25, 0.3) is 0 Å². The lowest BCUT2D eigenvalue weighted by Crippen LogP contribution is -1.72. The first kappa shape index (κ1) is 16.2. The minimum absolute atomic E-state index is 0.827.